The maximum atomic E-state index is 12.7. The van der Waals surface area contributed by atoms with Gasteiger partial charge in [0.05, 0.1) is 16.7 Å². The summed E-state index contributed by atoms with van der Waals surface area (Å²) in [6.07, 6.45) is 2.01. The molecule has 2 aliphatic carbocycles. The van der Waals surface area contributed by atoms with Crippen LogP contribution in [0, 0.1) is 5.92 Å². The van der Waals surface area contributed by atoms with E-state index in [2.05, 4.69) is 0 Å². The highest BCUT2D eigenvalue weighted by Gasteiger charge is 2.60. The lowest BCUT2D eigenvalue weighted by atomic mass is 9.56. The van der Waals surface area contributed by atoms with Crippen LogP contribution in [0.1, 0.15) is 59.7 Å². The molecule has 1 aliphatic heterocycles. The molecule has 1 heterocycles. The molecule has 1 aromatic carbocycles. The monoisotopic (exact) mass is 342 g/mol. The van der Waals surface area contributed by atoms with E-state index in [1.54, 1.807) is 31.2 Å². The molecule has 3 aliphatic rings. The molecule has 0 saturated heterocycles. The average molecular weight is 342 g/mol. The Morgan fingerprint density at radius 1 is 1.12 bits per heavy atom. The normalized spacial score (nSPS) is 37.9. The first-order valence-electron chi connectivity index (χ1n) is 8.79. The molecule has 2 fully saturated rings. The van der Waals surface area contributed by atoms with Gasteiger partial charge in [0.2, 0.25) is 0 Å². The smallest absolute Gasteiger partial charge is 0.261 e. The number of aliphatic hydroxyl groups is 1. The van der Waals surface area contributed by atoms with E-state index < -0.39 is 23.1 Å². The average Bonchev–Trinajstić information content (AvgIpc) is 2.85. The second-order valence-corrected chi connectivity index (χ2v) is 7.69. The van der Waals surface area contributed by atoms with Crippen molar-refractivity contribution >= 4 is 17.6 Å². The molecule has 0 aromatic heterocycles. The number of benzene rings is 1. The molecule has 3 N–H and O–H groups in total. The van der Waals surface area contributed by atoms with Crippen molar-refractivity contribution in [2.75, 3.05) is 0 Å². The second kappa shape index (κ2) is 5.22. The molecule has 4 rings (SSSR count). The van der Waals surface area contributed by atoms with Gasteiger partial charge in [-0.2, -0.15) is 0 Å². The molecule has 1 unspecified atom stereocenters. The molecule has 0 spiro atoms. The number of Topliss-reactive ketones (excluding diaryl/α,β-unsaturated/α-hetero) is 1. The quantitative estimate of drug-likeness (QED) is 0.749. The predicted molar refractivity (Wildman–Crippen MR) is 89.9 cm³/mol. The summed E-state index contributed by atoms with van der Waals surface area (Å²) in [6.45, 7) is 1.70. The van der Waals surface area contributed by atoms with Crippen molar-refractivity contribution in [3.8, 4) is 0 Å². The zero-order chi connectivity index (χ0) is 18.0. The van der Waals surface area contributed by atoms with Gasteiger partial charge in [-0.1, -0.05) is 19.1 Å². The minimum atomic E-state index is -1.39. The molecule has 0 bridgehead atoms. The summed E-state index contributed by atoms with van der Waals surface area (Å²) < 4.78 is 0. The van der Waals surface area contributed by atoms with Crippen LogP contribution in [0.15, 0.2) is 24.3 Å². The van der Waals surface area contributed by atoms with Crippen molar-refractivity contribution in [3.05, 3.63) is 35.4 Å². The highest BCUT2D eigenvalue weighted by molar-refractivity contribution is 6.21. The van der Waals surface area contributed by atoms with Gasteiger partial charge in [0.1, 0.15) is 5.78 Å². The summed E-state index contributed by atoms with van der Waals surface area (Å²) >= 11 is 0. The Bertz CT molecular complexity index is 756. The topological polar surface area (TPSA) is 101 Å². The van der Waals surface area contributed by atoms with Crippen LogP contribution in [0.3, 0.4) is 0 Å². The van der Waals surface area contributed by atoms with Crippen LogP contribution >= 0.6 is 0 Å². The van der Waals surface area contributed by atoms with Crippen LogP contribution in [-0.4, -0.2) is 44.8 Å². The summed E-state index contributed by atoms with van der Waals surface area (Å²) in [5.74, 6) is -1.25. The first kappa shape index (κ1) is 16.4. The molecule has 2 amide bonds. The first-order chi connectivity index (χ1) is 11.8. The number of hydrogen-bond acceptors (Lipinski definition) is 5. The van der Waals surface area contributed by atoms with Gasteiger partial charge < -0.3 is 10.8 Å². The van der Waals surface area contributed by atoms with E-state index in [1.165, 1.54) is 4.90 Å². The van der Waals surface area contributed by atoms with E-state index in [-0.39, 0.29) is 24.0 Å². The Morgan fingerprint density at radius 2 is 1.72 bits per heavy atom. The van der Waals surface area contributed by atoms with Crippen molar-refractivity contribution in [1.82, 2.24) is 4.90 Å². The van der Waals surface area contributed by atoms with Crippen LogP contribution in [-0.2, 0) is 4.79 Å². The Kier molecular flexibility index (Phi) is 3.43. The third-order valence-electron chi connectivity index (χ3n) is 6.54. The van der Waals surface area contributed by atoms with Gasteiger partial charge in [0.15, 0.2) is 0 Å². The number of carbonyl (C=O) groups excluding carboxylic acids is 3. The van der Waals surface area contributed by atoms with Gasteiger partial charge in [-0.05, 0) is 37.8 Å². The fourth-order valence-electron chi connectivity index (χ4n) is 4.84. The molecule has 25 heavy (non-hydrogen) atoms. The maximum Gasteiger partial charge on any atom is 0.261 e. The van der Waals surface area contributed by atoms with Crippen molar-refractivity contribution in [2.24, 2.45) is 11.7 Å². The number of nitrogens with two attached hydrogens (primary N) is 1. The van der Waals surface area contributed by atoms with E-state index in [0.717, 1.165) is 0 Å². The molecular formula is C19H22N2O4. The van der Waals surface area contributed by atoms with Crippen molar-refractivity contribution in [2.45, 2.75) is 56.2 Å². The lowest BCUT2D eigenvalue weighted by molar-refractivity contribution is -0.161. The third-order valence-corrected chi connectivity index (χ3v) is 6.54. The zero-order valence-corrected chi connectivity index (χ0v) is 14.2. The number of ketones is 1. The molecule has 6 heteroatoms. The van der Waals surface area contributed by atoms with E-state index in [0.29, 0.717) is 36.8 Å². The van der Waals surface area contributed by atoms with Crippen LogP contribution in [0.4, 0.5) is 0 Å². The molecule has 2 saturated carbocycles. The van der Waals surface area contributed by atoms with Crippen molar-refractivity contribution in [3.63, 3.8) is 0 Å². The number of amides is 2. The summed E-state index contributed by atoms with van der Waals surface area (Å²) in [5, 5.41) is 11.3. The highest BCUT2D eigenvalue weighted by atomic mass is 16.3. The van der Waals surface area contributed by atoms with Gasteiger partial charge in [-0.15, -0.1) is 0 Å². The van der Waals surface area contributed by atoms with Crippen molar-refractivity contribution in [1.29, 1.82) is 0 Å². The third kappa shape index (κ3) is 2.07. The number of fused-ring (bicyclic) bond motifs is 2. The fourth-order valence-corrected chi connectivity index (χ4v) is 4.84. The van der Waals surface area contributed by atoms with E-state index >= 15 is 0 Å². The largest absolute Gasteiger partial charge is 0.387 e. The van der Waals surface area contributed by atoms with Crippen LogP contribution in [0.5, 0.6) is 0 Å². The number of rotatable bonds is 1. The minimum absolute atomic E-state index is 0.00779. The first-order valence-corrected chi connectivity index (χ1v) is 8.79. The standard InChI is InChI=1S/C19H22N2O4/c1-11-15(22)7-9-18(20)8-6-12(10-19(11,18)25)21-16(23)13-4-2-3-5-14(13)17(21)24/h2-5,11-12,25H,6-10,20H2,1H3/t11-,12?,18-,19+/m0/s1. The molecule has 1 aromatic rings. The van der Waals surface area contributed by atoms with Gasteiger partial charge in [0.25, 0.3) is 11.8 Å². The Labute approximate surface area is 146 Å². The maximum absolute atomic E-state index is 12.7. The predicted octanol–water partition coefficient (Wildman–Crippen LogP) is 1.26. The lowest BCUT2D eigenvalue weighted by Gasteiger charge is -2.56. The van der Waals surface area contributed by atoms with Crippen LogP contribution in [0.2, 0.25) is 0 Å². The minimum Gasteiger partial charge on any atom is -0.387 e. The molecule has 6 nitrogen and oxygen atoms in total. The summed E-state index contributed by atoms with van der Waals surface area (Å²) in [5.41, 5.74) is 5.05. The Balaban J connectivity index is 1.67. The Morgan fingerprint density at radius 3 is 2.32 bits per heavy atom. The fraction of sp³-hybridized carbons (Fsp3) is 0.526. The lowest BCUT2D eigenvalue weighted by Crippen LogP contribution is -2.71. The van der Waals surface area contributed by atoms with E-state index in [9.17, 15) is 19.5 Å². The molecule has 0 radical (unpaired) electrons. The molecule has 132 valence electrons. The number of nitrogens with zero attached hydrogens (tertiary/aromatic N) is 1. The SMILES string of the molecule is C[C@H]1C(=O)CC[C@@]2(N)CCC(N3C(=O)c4ccccc4C3=O)C[C@@]12O. The number of hydrogen-bond donors (Lipinski definition) is 2. The van der Waals surface area contributed by atoms with Gasteiger partial charge in [0, 0.05) is 23.9 Å². The summed E-state index contributed by atoms with van der Waals surface area (Å²) in [7, 11) is 0. The number of imide groups is 1. The number of carbonyl (C=O) groups is 3. The van der Waals surface area contributed by atoms with Crippen LogP contribution in [0.25, 0.3) is 0 Å². The van der Waals surface area contributed by atoms with Gasteiger partial charge in [-0.3, -0.25) is 19.3 Å². The van der Waals surface area contributed by atoms with Crippen molar-refractivity contribution < 1.29 is 19.5 Å². The highest BCUT2D eigenvalue weighted by Crippen LogP contribution is 2.48. The van der Waals surface area contributed by atoms with Gasteiger partial charge in [-0.25, -0.2) is 0 Å². The molecule has 4 atom stereocenters. The Hall–Kier alpha value is -2.05. The molecular weight excluding hydrogens is 320 g/mol. The van der Waals surface area contributed by atoms with E-state index in [1.807, 2.05) is 0 Å². The summed E-state index contributed by atoms with van der Waals surface area (Å²) in [4.78, 5) is 38.9. The zero-order valence-electron chi connectivity index (χ0n) is 14.2. The van der Waals surface area contributed by atoms with E-state index in [4.69, 9.17) is 5.73 Å². The van der Waals surface area contributed by atoms with Crippen LogP contribution < -0.4 is 5.73 Å². The summed E-state index contributed by atoms with van der Waals surface area (Å²) in [6, 6.07) is 6.31. The van der Waals surface area contributed by atoms with Gasteiger partial charge >= 0.3 is 0 Å². The second-order valence-electron chi connectivity index (χ2n) is 7.69.